The molecule has 0 spiro atoms. The number of fused-ring (bicyclic) bond motifs is 1. The lowest BCUT2D eigenvalue weighted by atomic mass is 10.1. The first-order valence-corrected chi connectivity index (χ1v) is 6.98. The molecule has 114 valence electrons. The Bertz CT molecular complexity index is 818. The third kappa shape index (κ3) is 2.69. The fourth-order valence-corrected chi connectivity index (χ4v) is 2.40. The number of nitrogens with one attached hydrogen (secondary N) is 2. The molecular weight excluding hydrogens is 282 g/mol. The van der Waals surface area contributed by atoms with Gasteiger partial charge < -0.3 is 14.8 Å². The van der Waals surface area contributed by atoms with Crippen molar-refractivity contribution >= 4 is 16.9 Å². The number of aromatic amines is 1. The normalized spacial score (nSPS) is 11.8. The smallest absolute Gasteiger partial charge is 0.231 e. The third-order valence-corrected chi connectivity index (χ3v) is 3.39. The molecule has 0 aliphatic heterocycles. The molecule has 3 aromatic heterocycles. The Morgan fingerprint density at radius 2 is 2.27 bits per heavy atom. The average Bonchev–Trinajstić information content (AvgIpc) is 3.06. The summed E-state index contributed by atoms with van der Waals surface area (Å²) in [4.78, 5) is 23.0. The predicted octanol–water partition coefficient (Wildman–Crippen LogP) is 1.91. The standard InChI is InChI=1S/C15H17N5O2/c1-9(21)19-15(2,3)14-18-12(22-20-14)7-10-8-17-13-11(10)5-4-6-16-13/h4-6,8H,7H2,1-3H3,(H,16,17)(H,19,21). The van der Waals surface area contributed by atoms with Gasteiger partial charge in [-0.05, 0) is 31.5 Å². The molecule has 3 heterocycles. The van der Waals surface area contributed by atoms with Crippen LogP contribution in [-0.2, 0) is 16.8 Å². The van der Waals surface area contributed by atoms with Crippen molar-refractivity contribution in [2.45, 2.75) is 32.7 Å². The molecule has 2 N–H and O–H groups in total. The topological polar surface area (TPSA) is 96.7 Å². The number of hydrogen-bond donors (Lipinski definition) is 2. The number of H-pyrrole nitrogens is 1. The van der Waals surface area contributed by atoms with E-state index in [9.17, 15) is 4.79 Å². The number of nitrogens with zero attached hydrogens (tertiary/aromatic N) is 3. The molecule has 0 saturated heterocycles. The Kier molecular flexibility index (Phi) is 3.40. The highest BCUT2D eigenvalue weighted by atomic mass is 16.5. The van der Waals surface area contributed by atoms with Crippen LogP contribution in [0.3, 0.4) is 0 Å². The molecule has 0 aliphatic rings. The third-order valence-electron chi connectivity index (χ3n) is 3.39. The van der Waals surface area contributed by atoms with Gasteiger partial charge in [0.15, 0.2) is 5.82 Å². The lowest BCUT2D eigenvalue weighted by Crippen LogP contribution is -2.40. The molecule has 3 aromatic rings. The Balaban J connectivity index is 1.84. The van der Waals surface area contributed by atoms with Crippen LogP contribution in [0.25, 0.3) is 11.0 Å². The van der Waals surface area contributed by atoms with Crippen molar-refractivity contribution in [1.29, 1.82) is 0 Å². The maximum atomic E-state index is 11.2. The van der Waals surface area contributed by atoms with Crippen LogP contribution >= 0.6 is 0 Å². The van der Waals surface area contributed by atoms with Crippen molar-refractivity contribution in [3.63, 3.8) is 0 Å². The Morgan fingerprint density at radius 3 is 3.05 bits per heavy atom. The van der Waals surface area contributed by atoms with Crippen molar-refractivity contribution in [2.24, 2.45) is 0 Å². The number of amides is 1. The summed E-state index contributed by atoms with van der Waals surface area (Å²) in [6.45, 7) is 5.12. The van der Waals surface area contributed by atoms with Gasteiger partial charge in [0.1, 0.15) is 5.65 Å². The van der Waals surface area contributed by atoms with E-state index < -0.39 is 5.54 Å². The number of pyridine rings is 1. The van der Waals surface area contributed by atoms with Gasteiger partial charge in [0.05, 0.1) is 12.0 Å². The van der Waals surface area contributed by atoms with Gasteiger partial charge in [0.25, 0.3) is 0 Å². The quantitative estimate of drug-likeness (QED) is 0.767. The molecule has 0 bridgehead atoms. The summed E-state index contributed by atoms with van der Waals surface area (Å²) in [5.74, 6) is 0.813. The van der Waals surface area contributed by atoms with E-state index in [0.29, 0.717) is 18.1 Å². The highest BCUT2D eigenvalue weighted by Gasteiger charge is 2.27. The van der Waals surface area contributed by atoms with Gasteiger partial charge in [0.2, 0.25) is 11.8 Å². The fourth-order valence-electron chi connectivity index (χ4n) is 2.40. The predicted molar refractivity (Wildman–Crippen MR) is 80.0 cm³/mol. The summed E-state index contributed by atoms with van der Waals surface area (Å²) < 4.78 is 5.31. The molecule has 22 heavy (non-hydrogen) atoms. The van der Waals surface area contributed by atoms with E-state index in [1.54, 1.807) is 6.20 Å². The van der Waals surface area contributed by atoms with Gasteiger partial charge in [-0.1, -0.05) is 5.16 Å². The highest BCUT2D eigenvalue weighted by molar-refractivity contribution is 5.79. The molecule has 7 heteroatoms. The van der Waals surface area contributed by atoms with E-state index in [4.69, 9.17) is 4.52 Å². The van der Waals surface area contributed by atoms with Gasteiger partial charge in [0, 0.05) is 24.7 Å². The fraction of sp³-hybridized carbons (Fsp3) is 0.333. The first-order chi connectivity index (χ1) is 10.5. The number of rotatable bonds is 4. The minimum atomic E-state index is -0.671. The Morgan fingerprint density at radius 1 is 1.45 bits per heavy atom. The summed E-state index contributed by atoms with van der Waals surface area (Å²) in [6.07, 6.45) is 4.14. The molecule has 7 nitrogen and oxygen atoms in total. The largest absolute Gasteiger partial charge is 0.346 e. The van der Waals surface area contributed by atoms with Gasteiger partial charge in [-0.3, -0.25) is 4.79 Å². The molecule has 1 amide bonds. The lowest BCUT2D eigenvalue weighted by Gasteiger charge is -2.20. The van der Waals surface area contributed by atoms with Crippen LogP contribution < -0.4 is 5.32 Å². The summed E-state index contributed by atoms with van der Waals surface area (Å²) in [5, 5.41) is 7.80. The van der Waals surface area contributed by atoms with Crippen molar-refractivity contribution in [2.75, 3.05) is 0 Å². The van der Waals surface area contributed by atoms with Crippen LogP contribution in [-0.4, -0.2) is 26.0 Å². The van der Waals surface area contributed by atoms with Gasteiger partial charge in [-0.15, -0.1) is 0 Å². The van der Waals surface area contributed by atoms with Crippen LogP contribution in [0.5, 0.6) is 0 Å². The zero-order valence-electron chi connectivity index (χ0n) is 12.7. The molecule has 0 atom stereocenters. The first-order valence-electron chi connectivity index (χ1n) is 6.98. The summed E-state index contributed by atoms with van der Waals surface area (Å²) in [6, 6.07) is 3.88. The van der Waals surface area contributed by atoms with E-state index in [2.05, 4.69) is 25.4 Å². The van der Waals surface area contributed by atoms with Crippen molar-refractivity contribution in [3.8, 4) is 0 Å². The number of carbonyl (C=O) groups is 1. The summed E-state index contributed by atoms with van der Waals surface area (Å²) >= 11 is 0. The van der Waals surface area contributed by atoms with Gasteiger partial charge in [-0.25, -0.2) is 4.98 Å². The second kappa shape index (κ2) is 5.25. The molecule has 0 fully saturated rings. The van der Waals surface area contributed by atoms with Crippen molar-refractivity contribution in [3.05, 3.63) is 41.8 Å². The molecule has 0 saturated carbocycles. The van der Waals surface area contributed by atoms with Crippen LogP contribution in [0.2, 0.25) is 0 Å². The number of hydrogen-bond acceptors (Lipinski definition) is 5. The minimum absolute atomic E-state index is 0.140. The first kappa shape index (κ1) is 14.2. The Labute approximate surface area is 127 Å². The summed E-state index contributed by atoms with van der Waals surface area (Å²) in [5.41, 5.74) is 1.20. The van der Waals surface area contributed by atoms with Crippen LogP contribution in [0, 0.1) is 0 Å². The van der Waals surface area contributed by atoms with Gasteiger partial charge >= 0.3 is 0 Å². The second-order valence-electron chi connectivity index (χ2n) is 5.71. The number of carbonyl (C=O) groups excluding carboxylic acids is 1. The van der Waals surface area contributed by atoms with Crippen molar-refractivity contribution in [1.82, 2.24) is 25.4 Å². The van der Waals surface area contributed by atoms with Gasteiger partial charge in [-0.2, -0.15) is 4.98 Å². The number of aromatic nitrogens is 4. The van der Waals surface area contributed by atoms with E-state index in [0.717, 1.165) is 16.6 Å². The zero-order chi connectivity index (χ0) is 15.7. The molecule has 0 aromatic carbocycles. The maximum absolute atomic E-state index is 11.2. The molecular formula is C15H17N5O2. The van der Waals surface area contributed by atoms with E-state index in [-0.39, 0.29) is 5.91 Å². The molecule has 0 unspecified atom stereocenters. The monoisotopic (exact) mass is 299 g/mol. The molecule has 3 rings (SSSR count). The minimum Gasteiger partial charge on any atom is -0.346 e. The van der Waals surface area contributed by atoms with E-state index in [1.807, 2.05) is 32.2 Å². The summed E-state index contributed by atoms with van der Waals surface area (Å²) in [7, 11) is 0. The Hall–Kier alpha value is -2.70. The average molecular weight is 299 g/mol. The molecule has 0 radical (unpaired) electrons. The zero-order valence-corrected chi connectivity index (χ0v) is 12.7. The van der Waals surface area contributed by atoms with E-state index >= 15 is 0 Å². The SMILES string of the molecule is CC(=O)NC(C)(C)c1noc(Cc2c[nH]c3ncccc23)n1. The molecule has 0 aliphatic carbocycles. The van der Waals surface area contributed by atoms with Crippen LogP contribution in [0.15, 0.2) is 29.0 Å². The van der Waals surface area contributed by atoms with Crippen molar-refractivity contribution < 1.29 is 9.32 Å². The lowest BCUT2D eigenvalue weighted by molar-refractivity contribution is -0.120. The van der Waals surface area contributed by atoms with E-state index in [1.165, 1.54) is 6.92 Å². The second-order valence-corrected chi connectivity index (χ2v) is 5.71. The highest BCUT2D eigenvalue weighted by Crippen LogP contribution is 2.21. The van der Waals surface area contributed by atoms with Crippen LogP contribution in [0.4, 0.5) is 0 Å². The maximum Gasteiger partial charge on any atom is 0.231 e. The van der Waals surface area contributed by atoms with Crippen LogP contribution in [0.1, 0.15) is 38.0 Å².